The van der Waals surface area contributed by atoms with Crippen LogP contribution in [0.4, 0.5) is 5.69 Å². The molecule has 0 spiro atoms. The molecule has 0 aromatic carbocycles. The van der Waals surface area contributed by atoms with Gasteiger partial charge in [-0.3, -0.25) is 4.79 Å². The van der Waals surface area contributed by atoms with Crippen LogP contribution in [0.3, 0.4) is 0 Å². The monoisotopic (exact) mass is 268 g/mol. The highest BCUT2D eigenvalue weighted by molar-refractivity contribution is 9.10. The van der Waals surface area contributed by atoms with Crippen LogP contribution in [0.25, 0.3) is 0 Å². The maximum atomic E-state index is 10.7. The topological polar surface area (TPSA) is 58.9 Å². The molecular formula is C5H6Br2N2O. The Morgan fingerprint density at radius 2 is 2.20 bits per heavy atom. The first-order chi connectivity index (χ1) is 4.20. The SMILES string of the molecule is Br.Nc1c[nH]c(Br)cc1=O. The Hall–Kier alpha value is -0.290. The van der Waals surface area contributed by atoms with Gasteiger partial charge in [0.1, 0.15) is 0 Å². The molecular weight excluding hydrogens is 264 g/mol. The summed E-state index contributed by atoms with van der Waals surface area (Å²) < 4.78 is 0.640. The van der Waals surface area contributed by atoms with Gasteiger partial charge in [0.05, 0.1) is 10.3 Å². The number of nitrogens with two attached hydrogens (primary N) is 1. The first-order valence-corrected chi connectivity index (χ1v) is 3.13. The van der Waals surface area contributed by atoms with E-state index in [1.54, 1.807) is 0 Å². The first kappa shape index (κ1) is 9.71. The smallest absolute Gasteiger partial charge is 0.205 e. The fraction of sp³-hybridized carbons (Fsp3) is 0. The summed E-state index contributed by atoms with van der Waals surface area (Å²) in [5, 5.41) is 0. The molecule has 1 rings (SSSR count). The highest BCUT2D eigenvalue weighted by atomic mass is 79.9. The minimum Gasteiger partial charge on any atom is -0.394 e. The number of aromatic amines is 1. The lowest BCUT2D eigenvalue weighted by Gasteiger charge is -1.89. The maximum absolute atomic E-state index is 10.7. The molecule has 56 valence electrons. The fourth-order valence-corrected chi connectivity index (χ4v) is 0.780. The molecule has 1 aromatic heterocycles. The summed E-state index contributed by atoms with van der Waals surface area (Å²) in [6.07, 6.45) is 1.45. The van der Waals surface area contributed by atoms with Crippen molar-refractivity contribution in [1.29, 1.82) is 0 Å². The van der Waals surface area contributed by atoms with Gasteiger partial charge in [0.25, 0.3) is 0 Å². The molecule has 1 heterocycles. The summed E-state index contributed by atoms with van der Waals surface area (Å²) in [4.78, 5) is 13.4. The number of pyridine rings is 1. The minimum absolute atomic E-state index is 0. The second-order valence-electron chi connectivity index (χ2n) is 1.60. The number of nitrogens with one attached hydrogen (secondary N) is 1. The van der Waals surface area contributed by atoms with Gasteiger partial charge >= 0.3 is 0 Å². The number of aromatic nitrogens is 1. The van der Waals surface area contributed by atoms with Crippen molar-refractivity contribution in [1.82, 2.24) is 4.98 Å². The van der Waals surface area contributed by atoms with E-state index in [0.717, 1.165) is 0 Å². The molecule has 0 atom stereocenters. The number of rotatable bonds is 0. The summed E-state index contributed by atoms with van der Waals surface area (Å²) in [7, 11) is 0. The van der Waals surface area contributed by atoms with Crippen molar-refractivity contribution in [3.05, 3.63) is 27.1 Å². The third-order valence-corrected chi connectivity index (χ3v) is 1.37. The number of H-pyrrole nitrogens is 1. The Morgan fingerprint density at radius 3 is 2.60 bits per heavy atom. The van der Waals surface area contributed by atoms with Gasteiger partial charge in [0.15, 0.2) is 0 Å². The molecule has 0 saturated heterocycles. The van der Waals surface area contributed by atoms with E-state index in [4.69, 9.17) is 5.73 Å². The number of hydrogen-bond acceptors (Lipinski definition) is 2. The van der Waals surface area contributed by atoms with Gasteiger partial charge in [0, 0.05) is 12.3 Å². The highest BCUT2D eigenvalue weighted by Gasteiger charge is 1.91. The molecule has 10 heavy (non-hydrogen) atoms. The van der Waals surface area contributed by atoms with Crippen molar-refractivity contribution < 1.29 is 0 Å². The molecule has 0 aliphatic rings. The predicted molar refractivity (Wildman–Crippen MR) is 49.5 cm³/mol. The third kappa shape index (κ3) is 2.15. The van der Waals surface area contributed by atoms with Crippen LogP contribution in [0, 0.1) is 0 Å². The van der Waals surface area contributed by atoms with Crippen LogP contribution >= 0.6 is 32.9 Å². The summed E-state index contributed by atoms with van der Waals surface area (Å²) in [6, 6.07) is 1.38. The lowest BCUT2D eigenvalue weighted by molar-refractivity contribution is 1.26. The molecule has 0 amide bonds. The van der Waals surface area contributed by atoms with E-state index in [0.29, 0.717) is 4.60 Å². The molecule has 0 aliphatic carbocycles. The van der Waals surface area contributed by atoms with Crippen LogP contribution in [-0.4, -0.2) is 4.98 Å². The molecule has 0 fully saturated rings. The van der Waals surface area contributed by atoms with Crippen molar-refractivity contribution >= 4 is 38.6 Å². The van der Waals surface area contributed by atoms with Gasteiger partial charge in [-0.1, -0.05) is 0 Å². The average Bonchev–Trinajstić information content (AvgIpc) is 1.80. The lowest BCUT2D eigenvalue weighted by atomic mass is 10.4. The zero-order valence-corrected chi connectivity index (χ0v) is 8.23. The van der Waals surface area contributed by atoms with Crippen LogP contribution < -0.4 is 11.2 Å². The molecule has 0 aliphatic heterocycles. The highest BCUT2D eigenvalue weighted by Crippen LogP contribution is 2.00. The Kier molecular flexibility index (Phi) is 3.67. The van der Waals surface area contributed by atoms with E-state index in [2.05, 4.69) is 20.9 Å². The summed E-state index contributed by atoms with van der Waals surface area (Å²) in [5.41, 5.74) is 5.29. The molecule has 0 saturated carbocycles. The number of nitrogen functional groups attached to an aromatic ring is 1. The molecule has 1 aromatic rings. The van der Waals surface area contributed by atoms with Crippen LogP contribution in [0.5, 0.6) is 0 Å². The molecule has 5 heteroatoms. The predicted octanol–water partition coefficient (Wildman–Crippen LogP) is 1.30. The van der Waals surface area contributed by atoms with Crippen LogP contribution in [-0.2, 0) is 0 Å². The van der Waals surface area contributed by atoms with Crippen LogP contribution in [0.2, 0.25) is 0 Å². The Morgan fingerprint density at radius 1 is 1.60 bits per heavy atom. The zero-order chi connectivity index (χ0) is 6.85. The maximum Gasteiger partial charge on any atom is 0.205 e. The lowest BCUT2D eigenvalue weighted by Crippen LogP contribution is -2.06. The van der Waals surface area contributed by atoms with Crippen molar-refractivity contribution in [3.63, 3.8) is 0 Å². The van der Waals surface area contributed by atoms with Gasteiger partial charge in [-0.05, 0) is 15.9 Å². The molecule has 0 unspecified atom stereocenters. The summed E-state index contributed by atoms with van der Waals surface area (Å²) >= 11 is 3.09. The van der Waals surface area contributed by atoms with Crippen molar-refractivity contribution in [2.45, 2.75) is 0 Å². The minimum atomic E-state index is -0.166. The average molecular weight is 270 g/mol. The third-order valence-electron chi connectivity index (χ3n) is 0.908. The van der Waals surface area contributed by atoms with Crippen molar-refractivity contribution in [3.8, 4) is 0 Å². The van der Waals surface area contributed by atoms with E-state index in [1.165, 1.54) is 12.3 Å². The molecule has 0 radical (unpaired) electrons. The normalized spacial score (nSPS) is 8.50. The van der Waals surface area contributed by atoms with Gasteiger partial charge < -0.3 is 10.7 Å². The molecule has 3 nitrogen and oxygen atoms in total. The van der Waals surface area contributed by atoms with E-state index in [-0.39, 0.29) is 28.1 Å². The second-order valence-corrected chi connectivity index (χ2v) is 2.45. The van der Waals surface area contributed by atoms with Gasteiger partial charge in [0.2, 0.25) is 5.43 Å². The van der Waals surface area contributed by atoms with E-state index >= 15 is 0 Å². The Labute approximate surface area is 76.5 Å². The summed E-state index contributed by atoms with van der Waals surface area (Å²) in [6.45, 7) is 0. The Balaban J connectivity index is 0.000000810. The van der Waals surface area contributed by atoms with Crippen LogP contribution in [0.15, 0.2) is 21.7 Å². The van der Waals surface area contributed by atoms with Crippen molar-refractivity contribution in [2.75, 3.05) is 5.73 Å². The number of halogens is 2. The molecule has 3 N–H and O–H groups in total. The number of anilines is 1. The quantitative estimate of drug-likeness (QED) is 0.698. The second kappa shape index (κ2) is 3.78. The number of hydrogen-bond donors (Lipinski definition) is 2. The molecule has 0 bridgehead atoms. The largest absolute Gasteiger partial charge is 0.394 e. The fourth-order valence-electron chi connectivity index (χ4n) is 0.458. The van der Waals surface area contributed by atoms with E-state index in [1.807, 2.05) is 0 Å². The van der Waals surface area contributed by atoms with Gasteiger partial charge in [-0.25, -0.2) is 0 Å². The standard InChI is InChI=1S/C5H5BrN2O.BrH/c6-5-1-4(9)3(7)2-8-5;/h1-2H,7H2,(H,8,9);1H. The zero-order valence-electron chi connectivity index (χ0n) is 4.93. The van der Waals surface area contributed by atoms with Gasteiger partial charge in [-0.15, -0.1) is 17.0 Å². The first-order valence-electron chi connectivity index (χ1n) is 2.34. The van der Waals surface area contributed by atoms with E-state index < -0.39 is 0 Å². The summed E-state index contributed by atoms with van der Waals surface area (Å²) in [5.74, 6) is 0. The van der Waals surface area contributed by atoms with Crippen LogP contribution in [0.1, 0.15) is 0 Å². The van der Waals surface area contributed by atoms with Crippen molar-refractivity contribution in [2.24, 2.45) is 0 Å². The Bertz CT molecular complexity index is 271. The van der Waals surface area contributed by atoms with Gasteiger partial charge in [-0.2, -0.15) is 0 Å². The van der Waals surface area contributed by atoms with E-state index in [9.17, 15) is 4.79 Å².